The van der Waals surface area contributed by atoms with Crippen molar-refractivity contribution in [1.82, 2.24) is 0 Å². The number of fused-ring (bicyclic) bond motifs is 2. The molecule has 5 fully saturated rings. The van der Waals surface area contributed by atoms with E-state index in [9.17, 15) is 0 Å². The van der Waals surface area contributed by atoms with Crippen LogP contribution in [-0.2, 0) is 19.2 Å². The lowest BCUT2D eigenvalue weighted by Gasteiger charge is -2.60. The monoisotopic (exact) mass is 328 g/mol. The maximum Gasteiger partial charge on any atom is 0.201 e. The summed E-state index contributed by atoms with van der Waals surface area (Å²) in [7, 11) is 0. The number of thioether (sulfide) groups is 1. The van der Waals surface area contributed by atoms with Crippen LogP contribution in [0.15, 0.2) is 0 Å². The van der Waals surface area contributed by atoms with Gasteiger partial charge in [-0.25, -0.2) is 9.78 Å². The minimum atomic E-state index is -0.653. The average molecular weight is 328 g/mol. The Morgan fingerprint density at radius 2 is 1.91 bits per heavy atom. The van der Waals surface area contributed by atoms with E-state index in [0.29, 0.717) is 23.7 Å². The Hall–Kier alpha value is 0.190. The maximum atomic E-state index is 6.43. The van der Waals surface area contributed by atoms with Crippen molar-refractivity contribution in [2.75, 3.05) is 5.75 Å². The molecule has 2 bridgehead atoms. The summed E-state index contributed by atoms with van der Waals surface area (Å²) in [6.45, 7) is 8.85. The van der Waals surface area contributed by atoms with Crippen molar-refractivity contribution in [3.8, 4) is 0 Å². The van der Waals surface area contributed by atoms with E-state index < -0.39 is 11.4 Å². The Bertz CT molecular complexity index is 446. The van der Waals surface area contributed by atoms with E-state index in [1.807, 2.05) is 18.7 Å². The molecule has 0 amide bonds. The van der Waals surface area contributed by atoms with Crippen LogP contribution in [0.5, 0.6) is 0 Å². The number of rotatable bonds is 2. The molecule has 0 aromatic heterocycles. The molecule has 5 rings (SSSR count). The van der Waals surface area contributed by atoms with E-state index in [0.717, 1.165) is 18.6 Å². The molecule has 4 heterocycles. The first-order chi connectivity index (χ1) is 10.5. The van der Waals surface area contributed by atoms with Gasteiger partial charge in [-0.1, -0.05) is 20.8 Å². The molecule has 126 valence electrons. The molecule has 22 heavy (non-hydrogen) atoms. The lowest BCUT2D eigenvalue weighted by Crippen LogP contribution is -2.70. The summed E-state index contributed by atoms with van der Waals surface area (Å²) in [5.74, 6) is 2.44. The van der Waals surface area contributed by atoms with E-state index in [2.05, 4.69) is 20.8 Å². The number of hydrogen-bond donors (Lipinski definition) is 0. The summed E-state index contributed by atoms with van der Waals surface area (Å²) < 4.78 is 12.8. The van der Waals surface area contributed by atoms with E-state index in [-0.39, 0.29) is 11.7 Å². The van der Waals surface area contributed by atoms with Crippen molar-refractivity contribution >= 4 is 11.8 Å². The van der Waals surface area contributed by atoms with Crippen LogP contribution in [0.25, 0.3) is 0 Å². The summed E-state index contributed by atoms with van der Waals surface area (Å²) in [5, 5.41) is 0. The molecule has 2 unspecified atom stereocenters. The zero-order valence-electron chi connectivity index (χ0n) is 14.0. The summed E-state index contributed by atoms with van der Waals surface area (Å²) in [5.41, 5.74) is -0.205. The van der Waals surface area contributed by atoms with Crippen molar-refractivity contribution in [1.29, 1.82) is 0 Å². The highest BCUT2D eigenvalue weighted by atomic mass is 32.2. The minimum absolute atomic E-state index is 0.200. The van der Waals surface area contributed by atoms with Crippen LogP contribution in [0, 0.1) is 23.7 Å². The second-order valence-corrected chi connectivity index (χ2v) is 9.10. The highest BCUT2D eigenvalue weighted by Crippen LogP contribution is 2.61. The van der Waals surface area contributed by atoms with Gasteiger partial charge < -0.3 is 9.47 Å². The van der Waals surface area contributed by atoms with E-state index >= 15 is 0 Å². The van der Waals surface area contributed by atoms with Gasteiger partial charge in [0.2, 0.25) is 5.79 Å². The Balaban J connectivity index is 1.75. The second kappa shape index (κ2) is 5.35. The van der Waals surface area contributed by atoms with Gasteiger partial charge in [0.15, 0.2) is 11.9 Å². The van der Waals surface area contributed by atoms with Gasteiger partial charge in [-0.15, -0.1) is 11.8 Å². The quantitative estimate of drug-likeness (QED) is 0.718. The smallest absolute Gasteiger partial charge is 0.201 e. The average Bonchev–Trinajstić information content (AvgIpc) is 2.71. The summed E-state index contributed by atoms with van der Waals surface area (Å²) in [6.07, 6.45) is 4.16. The summed E-state index contributed by atoms with van der Waals surface area (Å²) in [4.78, 5) is 11.9. The van der Waals surface area contributed by atoms with Gasteiger partial charge in [-0.3, -0.25) is 0 Å². The number of ether oxygens (including phenoxy) is 2. The number of hydrogen-bond acceptors (Lipinski definition) is 5. The molecule has 1 spiro atoms. The third-order valence-electron chi connectivity index (χ3n) is 6.43. The van der Waals surface area contributed by atoms with Gasteiger partial charge in [0, 0.05) is 12.3 Å². The lowest BCUT2D eigenvalue weighted by atomic mass is 9.58. The molecule has 8 atom stereocenters. The Morgan fingerprint density at radius 3 is 2.68 bits per heavy atom. The second-order valence-electron chi connectivity index (χ2n) is 7.73. The largest absolute Gasteiger partial charge is 0.335 e. The maximum absolute atomic E-state index is 6.43. The van der Waals surface area contributed by atoms with Crippen LogP contribution in [0.1, 0.15) is 53.4 Å². The van der Waals surface area contributed by atoms with Gasteiger partial charge >= 0.3 is 0 Å². The third-order valence-corrected chi connectivity index (χ3v) is 7.63. The lowest BCUT2D eigenvalue weighted by molar-refractivity contribution is -0.568. The molecule has 4 aliphatic heterocycles. The van der Waals surface area contributed by atoms with Crippen LogP contribution in [0.4, 0.5) is 0 Å². The predicted molar refractivity (Wildman–Crippen MR) is 85.0 cm³/mol. The first-order valence-electron chi connectivity index (χ1n) is 8.82. The van der Waals surface area contributed by atoms with E-state index in [1.54, 1.807) is 0 Å². The Morgan fingerprint density at radius 1 is 1.09 bits per heavy atom. The van der Waals surface area contributed by atoms with Crippen LogP contribution >= 0.6 is 11.8 Å². The van der Waals surface area contributed by atoms with Gasteiger partial charge in [0.25, 0.3) is 0 Å². The molecular weight excluding hydrogens is 300 g/mol. The molecule has 0 aromatic carbocycles. The van der Waals surface area contributed by atoms with E-state index in [1.165, 1.54) is 12.8 Å². The molecule has 1 aliphatic carbocycles. The third kappa shape index (κ3) is 2.05. The highest BCUT2D eigenvalue weighted by molar-refractivity contribution is 7.99. The SMILES string of the molecule is CCS[C@H]1O[C@@H]2O[C@]3(C)CCC4[C@H](C)CCC([C@H]1C)[C@]42OO3. The Labute approximate surface area is 137 Å². The van der Waals surface area contributed by atoms with Crippen molar-refractivity contribution in [2.45, 2.75) is 76.5 Å². The predicted octanol–water partition coefficient (Wildman–Crippen LogP) is 3.95. The van der Waals surface area contributed by atoms with Gasteiger partial charge in [-0.2, -0.15) is 0 Å². The first kappa shape index (κ1) is 15.7. The van der Waals surface area contributed by atoms with Crippen molar-refractivity contribution in [2.24, 2.45) is 23.7 Å². The molecular formula is C17H28O4S. The van der Waals surface area contributed by atoms with Crippen molar-refractivity contribution in [3.63, 3.8) is 0 Å². The topological polar surface area (TPSA) is 36.9 Å². The fraction of sp³-hybridized carbons (Fsp3) is 1.00. The van der Waals surface area contributed by atoms with Gasteiger partial charge in [-0.05, 0) is 49.7 Å². The van der Waals surface area contributed by atoms with Crippen LogP contribution in [-0.4, -0.2) is 28.9 Å². The molecule has 0 N–H and O–H groups in total. The first-order valence-corrected chi connectivity index (χ1v) is 9.87. The highest BCUT2D eigenvalue weighted by Gasteiger charge is 2.69. The van der Waals surface area contributed by atoms with Crippen LogP contribution in [0.3, 0.4) is 0 Å². The molecule has 5 heteroatoms. The van der Waals surface area contributed by atoms with Crippen molar-refractivity contribution < 1.29 is 19.2 Å². The van der Waals surface area contributed by atoms with E-state index in [4.69, 9.17) is 19.2 Å². The normalized spacial score (nSPS) is 57.3. The molecule has 0 aromatic rings. The van der Waals surface area contributed by atoms with Gasteiger partial charge in [0.1, 0.15) is 5.44 Å². The summed E-state index contributed by atoms with van der Waals surface area (Å²) >= 11 is 1.89. The molecule has 1 saturated carbocycles. The molecule has 5 aliphatic rings. The van der Waals surface area contributed by atoms with Crippen molar-refractivity contribution in [3.05, 3.63) is 0 Å². The molecule has 4 nitrogen and oxygen atoms in total. The zero-order valence-corrected chi connectivity index (χ0v) is 14.9. The zero-order chi connectivity index (χ0) is 15.5. The fourth-order valence-corrected chi connectivity index (χ4v) is 6.23. The standard InChI is InChI=1S/C17H28O4S/c1-5-22-14-11(3)13-7-6-10(2)12-8-9-16(4)19-15(18-14)17(12,13)21-20-16/h10-15H,5-9H2,1-4H3/t10-,11-,12?,13?,14-,15-,16+,17-/m1/s1. The van der Waals surface area contributed by atoms with Crippen LogP contribution < -0.4 is 0 Å². The fourth-order valence-electron chi connectivity index (χ4n) is 5.23. The molecule has 0 radical (unpaired) electrons. The minimum Gasteiger partial charge on any atom is -0.335 e. The summed E-state index contributed by atoms with van der Waals surface area (Å²) in [6, 6.07) is 0. The molecule has 4 saturated heterocycles. The Kier molecular flexibility index (Phi) is 3.82. The van der Waals surface area contributed by atoms with Crippen LogP contribution in [0.2, 0.25) is 0 Å². The van der Waals surface area contributed by atoms with Gasteiger partial charge in [0.05, 0.1) is 0 Å².